The van der Waals surface area contributed by atoms with Crippen molar-refractivity contribution in [3.8, 4) is 5.75 Å². The number of benzene rings is 2. The Morgan fingerprint density at radius 3 is 2.60 bits per heavy atom. The summed E-state index contributed by atoms with van der Waals surface area (Å²) in [5, 5.41) is 7.94. The van der Waals surface area contributed by atoms with Crippen molar-refractivity contribution in [2.24, 2.45) is 7.05 Å². The van der Waals surface area contributed by atoms with E-state index in [1.165, 1.54) is 11.9 Å². The molecule has 1 aromatic heterocycles. The van der Waals surface area contributed by atoms with Crippen LogP contribution in [0.15, 0.2) is 53.3 Å². The Morgan fingerprint density at radius 1 is 1.13 bits per heavy atom. The van der Waals surface area contributed by atoms with Crippen LogP contribution in [0, 0.1) is 0 Å². The summed E-state index contributed by atoms with van der Waals surface area (Å²) in [5.74, 6) is -0.226. The second-order valence-corrected chi connectivity index (χ2v) is 7.10. The zero-order valence-electron chi connectivity index (χ0n) is 16.8. The third kappa shape index (κ3) is 3.41. The van der Waals surface area contributed by atoms with E-state index >= 15 is 0 Å². The van der Waals surface area contributed by atoms with Gasteiger partial charge in [0.15, 0.2) is 11.8 Å². The fourth-order valence-electron chi connectivity index (χ4n) is 3.51. The maximum Gasteiger partial charge on any atom is 0.279 e. The number of anilines is 1. The maximum absolute atomic E-state index is 13.6. The van der Waals surface area contributed by atoms with Crippen LogP contribution >= 0.6 is 0 Å². The summed E-state index contributed by atoms with van der Waals surface area (Å²) in [5.41, 5.74) is 0.431. The van der Waals surface area contributed by atoms with Crippen LogP contribution in [0.25, 0.3) is 10.8 Å². The summed E-state index contributed by atoms with van der Waals surface area (Å²) in [6, 6.07) is 13.9. The number of ether oxygens (including phenoxy) is 1. The Balaban J connectivity index is 1.78. The Bertz CT molecular complexity index is 1190. The minimum Gasteiger partial charge on any atom is -0.477 e. The van der Waals surface area contributed by atoms with Gasteiger partial charge in [0.25, 0.3) is 17.4 Å². The van der Waals surface area contributed by atoms with E-state index in [1.54, 1.807) is 48.5 Å². The lowest BCUT2D eigenvalue weighted by Crippen LogP contribution is -2.51. The predicted octanol–water partition coefficient (Wildman–Crippen LogP) is 1.87. The molecule has 1 N–H and O–H groups in total. The van der Waals surface area contributed by atoms with E-state index in [1.807, 2.05) is 6.92 Å². The van der Waals surface area contributed by atoms with Crippen LogP contribution < -0.4 is 20.5 Å². The van der Waals surface area contributed by atoms with Gasteiger partial charge in [0.05, 0.1) is 17.6 Å². The minimum absolute atomic E-state index is 0.0459. The third-order valence-electron chi connectivity index (χ3n) is 5.02. The second kappa shape index (κ2) is 7.98. The van der Waals surface area contributed by atoms with Crippen molar-refractivity contribution in [3.63, 3.8) is 0 Å². The van der Waals surface area contributed by atoms with Crippen LogP contribution in [-0.2, 0) is 11.8 Å². The molecule has 8 heteroatoms. The van der Waals surface area contributed by atoms with Crippen molar-refractivity contribution in [1.29, 1.82) is 0 Å². The topological polar surface area (TPSA) is 93.5 Å². The molecule has 2 amide bonds. The molecule has 2 heterocycles. The van der Waals surface area contributed by atoms with Gasteiger partial charge in [-0.15, -0.1) is 0 Å². The molecule has 2 aromatic carbocycles. The van der Waals surface area contributed by atoms with Gasteiger partial charge in [0.2, 0.25) is 0 Å². The first-order valence-corrected chi connectivity index (χ1v) is 9.82. The Hall–Kier alpha value is -3.68. The quantitative estimate of drug-likeness (QED) is 0.714. The number of hydrogen-bond donors (Lipinski definition) is 1. The smallest absolute Gasteiger partial charge is 0.279 e. The minimum atomic E-state index is -0.839. The molecule has 0 saturated heterocycles. The maximum atomic E-state index is 13.6. The highest BCUT2D eigenvalue weighted by molar-refractivity contribution is 6.13. The number of fused-ring (bicyclic) bond motifs is 2. The molecule has 0 fully saturated rings. The number of para-hydroxylation sites is 2. The summed E-state index contributed by atoms with van der Waals surface area (Å²) in [7, 11) is 1.51. The van der Waals surface area contributed by atoms with Crippen LogP contribution in [0.4, 0.5) is 5.69 Å². The van der Waals surface area contributed by atoms with E-state index in [0.717, 1.165) is 11.1 Å². The fraction of sp³-hybridized carbons (Fsp3) is 0.273. The summed E-state index contributed by atoms with van der Waals surface area (Å²) < 4.78 is 7.02. The van der Waals surface area contributed by atoms with Gasteiger partial charge in [0.1, 0.15) is 5.75 Å². The van der Waals surface area contributed by atoms with E-state index in [9.17, 15) is 14.4 Å². The van der Waals surface area contributed by atoms with Crippen LogP contribution in [0.5, 0.6) is 5.75 Å². The number of hydrogen-bond acceptors (Lipinski definition) is 5. The molecule has 0 bridgehead atoms. The van der Waals surface area contributed by atoms with Gasteiger partial charge in [-0.05, 0) is 24.6 Å². The molecule has 0 aliphatic carbocycles. The van der Waals surface area contributed by atoms with Gasteiger partial charge in [-0.2, -0.15) is 5.10 Å². The zero-order valence-corrected chi connectivity index (χ0v) is 16.8. The highest BCUT2D eigenvalue weighted by Crippen LogP contribution is 2.34. The number of rotatable bonds is 4. The molecular weight excluding hydrogens is 384 g/mol. The molecule has 0 saturated carbocycles. The SMILES string of the molecule is CCCNC(=O)[C@@H]1CN(C(=O)c2nn(C)c(=O)c3ccccc23)c2ccccc2O1. The highest BCUT2D eigenvalue weighted by atomic mass is 16.5. The van der Waals surface area contributed by atoms with E-state index in [0.29, 0.717) is 28.8 Å². The standard InChI is InChI=1S/C22H22N4O4/c1-3-12-23-20(27)18-13-26(16-10-6-7-11-17(16)30-18)22(29)19-14-8-4-5-9-15(14)21(28)25(2)24-19/h4-11,18H,3,12-13H2,1-2H3,(H,23,27)/t18-/m0/s1. The molecule has 8 nitrogen and oxygen atoms in total. The average molecular weight is 406 g/mol. The lowest BCUT2D eigenvalue weighted by Gasteiger charge is -2.34. The zero-order chi connectivity index (χ0) is 21.3. The number of nitrogens with one attached hydrogen (secondary N) is 1. The molecule has 1 aliphatic rings. The van der Waals surface area contributed by atoms with Crippen molar-refractivity contribution >= 4 is 28.3 Å². The predicted molar refractivity (Wildman–Crippen MR) is 113 cm³/mol. The van der Waals surface area contributed by atoms with E-state index in [4.69, 9.17) is 4.74 Å². The number of carbonyl (C=O) groups is 2. The van der Waals surface area contributed by atoms with Gasteiger partial charge in [-0.25, -0.2) is 4.68 Å². The summed E-state index contributed by atoms with van der Waals surface area (Å²) in [6.45, 7) is 2.54. The van der Waals surface area contributed by atoms with Gasteiger partial charge in [0, 0.05) is 19.0 Å². The summed E-state index contributed by atoms with van der Waals surface area (Å²) >= 11 is 0. The second-order valence-electron chi connectivity index (χ2n) is 7.10. The molecule has 154 valence electrons. The van der Waals surface area contributed by atoms with Gasteiger partial charge >= 0.3 is 0 Å². The molecule has 1 aliphatic heterocycles. The van der Waals surface area contributed by atoms with Crippen molar-refractivity contribution < 1.29 is 14.3 Å². The Morgan fingerprint density at radius 2 is 1.83 bits per heavy atom. The van der Waals surface area contributed by atoms with Crippen LogP contribution in [0.2, 0.25) is 0 Å². The average Bonchev–Trinajstić information content (AvgIpc) is 2.78. The summed E-state index contributed by atoms with van der Waals surface area (Å²) in [4.78, 5) is 40.0. The lowest BCUT2D eigenvalue weighted by molar-refractivity contribution is -0.127. The molecule has 0 unspecified atom stereocenters. The molecule has 4 rings (SSSR count). The fourth-order valence-corrected chi connectivity index (χ4v) is 3.51. The van der Waals surface area contributed by atoms with E-state index < -0.39 is 12.0 Å². The number of aryl methyl sites for hydroxylation is 1. The van der Waals surface area contributed by atoms with Crippen molar-refractivity contribution in [3.05, 3.63) is 64.6 Å². The van der Waals surface area contributed by atoms with Crippen molar-refractivity contribution in [2.45, 2.75) is 19.4 Å². The Kier molecular flexibility index (Phi) is 5.22. The first-order valence-electron chi connectivity index (χ1n) is 9.82. The van der Waals surface area contributed by atoms with Crippen molar-refractivity contribution in [1.82, 2.24) is 15.1 Å². The van der Waals surface area contributed by atoms with Gasteiger partial charge in [-0.3, -0.25) is 19.3 Å². The van der Waals surface area contributed by atoms with Crippen LogP contribution in [0.1, 0.15) is 23.8 Å². The normalized spacial score (nSPS) is 15.4. The van der Waals surface area contributed by atoms with E-state index in [-0.39, 0.29) is 23.7 Å². The third-order valence-corrected chi connectivity index (χ3v) is 5.02. The molecule has 0 radical (unpaired) electrons. The van der Waals surface area contributed by atoms with Crippen LogP contribution in [0.3, 0.4) is 0 Å². The summed E-state index contributed by atoms with van der Waals surface area (Å²) in [6.07, 6.45) is -0.0414. The lowest BCUT2D eigenvalue weighted by atomic mass is 10.1. The molecule has 3 aromatic rings. The number of aromatic nitrogens is 2. The number of nitrogens with zero attached hydrogens (tertiary/aromatic N) is 3. The molecular formula is C22H22N4O4. The van der Waals surface area contributed by atoms with Crippen molar-refractivity contribution in [2.75, 3.05) is 18.0 Å². The number of amides is 2. The highest BCUT2D eigenvalue weighted by Gasteiger charge is 2.35. The Labute approximate surface area is 173 Å². The van der Waals surface area contributed by atoms with Gasteiger partial charge < -0.3 is 10.1 Å². The molecule has 0 spiro atoms. The number of carbonyl (C=O) groups excluding carboxylic acids is 2. The largest absolute Gasteiger partial charge is 0.477 e. The molecule has 30 heavy (non-hydrogen) atoms. The first-order chi connectivity index (χ1) is 14.5. The monoisotopic (exact) mass is 406 g/mol. The van der Waals surface area contributed by atoms with E-state index in [2.05, 4.69) is 10.4 Å². The van der Waals surface area contributed by atoms with Gasteiger partial charge in [-0.1, -0.05) is 37.3 Å². The van der Waals surface area contributed by atoms with Crippen LogP contribution in [-0.4, -0.2) is 40.8 Å². The molecule has 1 atom stereocenters. The first kappa shape index (κ1) is 19.6.